The molecule has 0 heterocycles. The lowest BCUT2D eigenvalue weighted by molar-refractivity contribution is -0.146. The molecule has 3 rings (SSSR count). The molecule has 0 aliphatic heterocycles. The Morgan fingerprint density at radius 3 is 1.61 bits per heavy atom. The van der Waals surface area contributed by atoms with Crippen LogP contribution in [0.1, 0.15) is 43.9 Å². The van der Waals surface area contributed by atoms with Crippen LogP contribution in [0.4, 0.5) is 0 Å². The zero-order valence-electron chi connectivity index (χ0n) is 21.9. The number of rotatable bonds is 11. The molecule has 1 amide bonds. The van der Waals surface area contributed by atoms with Crippen LogP contribution in [0.5, 0.6) is 0 Å². The number of amides is 1. The summed E-state index contributed by atoms with van der Waals surface area (Å²) in [4.78, 5) is 25.2. The monoisotopic (exact) mass is 503 g/mol. The zero-order chi connectivity index (χ0) is 26.2. The van der Waals surface area contributed by atoms with Crippen molar-refractivity contribution in [2.45, 2.75) is 57.0 Å². The Hall–Kier alpha value is -3.22. The number of hydrogen-bond acceptors (Lipinski definition) is 4. The lowest BCUT2D eigenvalue weighted by atomic mass is 9.77. The third-order valence-electron chi connectivity index (χ3n) is 7.09. The largest absolute Gasteiger partial charge is 0.454 e. The highest BCUT2D eigenvalue weighted by molar-refractivity contribution is 6.74. The molecule has 0 aliphatic carbocycles. The predicted molar refractivity (Wildman–Crippen MR) is 146 cm³/mol. The summed E-state index contributed by atoms with van der Waals surface area (Å²) in [6.07, 6.45) is -0.714. The van der Waals surface area contributed by atoms with E-state index in [1.807, 2.05) is 91.0 Å². The van der Waals surface area contributed by atoms with Crippen LogP contribution >= 0.6 is 0 Å². The van der Waals surface area contributed by atoms with Gasteiger partial charge in [0.15, 0.2) is 14.4 Å². The minimum Gasteiger partial charge on any atom is -0.454 e. The van der Waals surface area contributed by atoms with E-state index in [-0.39, 0.29) is 17.4 Å². The molecule has 0 fully saturated rings. The molecule has 0 saturated carbocycles. The van der Waals surface area contributed by atoms with Crippen molar-refractivity contribution in [2.24, 2.45) is 0 Å². The van der Waals surface area contributed by atoms with E-state index in [2.05, 4.69) is 39.2 Å². The van der Waals surface area contributed by atoms with E-state index in [9.17, 15) is 9.59 Å². The first-order valence-electron chi connectivity index (χ1n) is 12.3. The molecule has 3 aromatic rings. The summed E-state index contributed by atoms with van der Waals surface area (Å²) >= 11 is 0. The fraction of sp³-hybridized carbons (Fsp3) is 0.333. The number of ether oxygens (including phenoxy) is 1. The third-order valence-corrected chi connectivity index (χ3v) is 11.6. The molecule has 1 unspecified atom stereocenters. The van der Waals surface area contributed by atoms with Gasteiger partial charge in [0.2, 0.25) is 0 Å². The highest BCUT2D eigenvalue weighted by Gasteiger charge is 2.40. The Bertz CT molecular complexity index is 1020. The van der Waals surface area contributed by atoms with Crippen LogP contribution in [-0.2, 0) is 24.3 Å². The van der Waals surface area contributed by atoms with E-state index in [4.69, 9.17) is 9.16 Å². The van der Waals surface area contributed by atoms with Crippen LogP contribution in [0, 0.1) is 0 Å². The molecule has 0 aliphatic rings. The summed E-state index contributed by atoms with van der Waals surface area (Å²) in [6, 6.07) is 29.5. The number of carbonyl (C=O) groups is 2. The Morgan fingerprint density at radius 2 is 1.25 bits per heavy atom. The maximum absolute atomic E-state index is 13.8. The van der Waals surface area contributed by atoms with Crippen LogP contribution in [0.25, 0.3) is 0 Å². The summed E-state index contributed by atoms with van der Waals surface area (Å²) in [5.74, 6) is -0.377. The standard InChI is InChI=1S/C30H37NO4Si/c1-29(2,3)36(4,5)35-22-21-27(34-23-32)28(33)31-30(24-15-9-6-10-16-24,25-17-11-7-12-18-25)26-19-13-8-14-20-26/h6-20,23,27H,21-22H2,1-5H3,(H,31,33). The van der Waals surface area contributed by atoms with E-state index in [0.29, 0.717) is 13.1 Å². The molecule has 0 bridgehead atoms. The average molecular weight is 504 g/mol. The second-order valence-electron chi connectivity index (χ2n) is 10.5. The lowest BCUT2D eigenvalue weighted by Gasteiger charge is -2.38. The van der Waals surface area contributed by atoms with Gasteiger partial charge < -0.3 is 14.5 Å². The molecular formula is C30H37NO4Si. The second-order valence-corrected chi connectivity index (χ2v) is 15.3. The van der Waals surface area contributed by atoms with Gasteiger partial charge >= 0.3 is 0 Å². The summed E-state index contributed by atoms with van der Waals surface area (Å²) in [5, 5.41) is 3.32. The van der Waals surface area contributed by atoms with Gasteiger partial charge in [-0.05, 0) is 34.8 Å². The first-order valence-corrected chi connectivity index (χ1v) is 15.2. The Balaban J connectivity index is 1.99. The molecule has 6 heteroatoms. The smallest absolute Gasteiger partial charge is 0.293 e. The fourth-order valence-corrected chi connectivity index (χ4v) is 5.07. The maximum atomic E-state index is 13.8. The van der Waals surface area contributed by atoms with Crippen molar-refractivity contribution in [1.82, 2.24) is 5.32 Å². The fourth-order valence-electron chi connectivity index (χ4n) is 4.01. The van der Waals surface area contributed by atoms with E-state index < -0.39 is 20.0 Å². The average Bonchev–Trinajstić information content (AvgIpc) is 2.87. The van der Waals surface area contributed by atoms with Crippen LogP contribution in [0.15, 0.2) is 91.0 Å². The van der Waals surface area contributed by atoms with Gasteiger partial charge in [0, 0.05) is 13.0 Å². The van der Waals surface area contributed by atoms with Gasteiger partial charge in [-0.15, -0.1) is 0 Å². The van der Waals surface area contributed by atoms with Crippen LogP contribution in [-0.4, -0.2) is 33.4 Å². The highest BCUT2D eigenvalue weighted by atomic mass is 28.4. The molecule has 190 valence electrons. The Labute approximate surface area is 216 Å². The molecule has 5 nitrogen and oxygen atoms in total. The van der Waals surface area contributed by atoms with Crippen LogP contribution < -0.4 is 5.32 Å². The van der Waals surface area contributed by atoms with Crippen molar-refractivity contribution < 1.29 is 18.8 Å². The molecule has 1 N–H and O–H groups in total. The number of benzene rings is 3. The van der Waals surface area contributed by atoms with E-state index in [1.54, 1.807) is 0 Å². The van der Waals surface area contributed by atoms with E-state index >= 15 is 0 Å². The van der Waals surface area contributed by atoms with Gasteiger partial charge in [-0.1, -0.05) is 112 Å². The SMILES string of the molecule is CC(C)(C)[Si](C)(C)OCCC(OC=O)C(=O)NC(c1ccccc1)(c1ccccc1)c1ccccc1. The maximum Gasteiger partial charge on any atom is 0.293 e. The van der Waals surface area contributed by atoms with Gasteiger partial charge in [-0.2, -0.15) is 0 Å². The zero-order valence-corrected chi connectivity index (χ0v) is 22.9. The molecule has 0 aromatic heterocycles. The van der Waals surface area contributed by atoms with Crippen LogP contribution in [0.3, 0.4) is 0 Å². The first kappa shape index (κ1) is 27.4. The minimum atomic E-state index is -2.01. The van der Waals surface area contributed by atoms with Crippen molar-refractivity contribution in [3.63, 3.8) is 0 Å². The van der Waals surface area contributed by atoms with Gasteiger partial charge in [0.1, 0.15) is 5.54 Å². The molecule has 1 atom stereocenters. The number of nitrogens with one attached hydrogen (secondary N) is 1. The van der Waals surface area contributed by atoms with Crippen molar-refractivity contribution in [2.75, 3.05) is 6.61 Å². The molecule has 0 radical (unpaired) electrons. The van der Waals surface area contributed by atoms with E-state index in [1.165, 1.54) is 0 Å². The van der Waals surface area contributed by atoms with Crippen LogP contribution in [0.2, 0.25) is 18.1 Å². The van der Waals surface area contributed by atoms with Gasteiger partial charge in [-0.3, -0.25) is 9.59 Å². The van der Waals surface area contributed by atoms with Crippen molar-refractivity contribution in [3.05, 3.63) is 108 Å². The summed E-state index contributed by atoms with van der Waals surface area (Å²) in [6.45, 7) is 11.5. The summed E-state index contributed by atoms with van der Waals surface area (Å²) in [5.41, 5.74) is 1.72. The number of hydrogen-bond donors (Lipinski definition) is 1. The lowest BCUT2D eigenvalue weighted by Crippen LogP contribution is -2.52. The highest BCUT2D eigenvalue weighted by Crippen LogP contribution is 2.38. The van der Waals surface area contributed by atoms with Crippen molar-refractivity contribution in [1.29, 1.82) is 0 Å². The summed E-state index contributed by atoms with van der Waals surface area (Å²) in [7, 11) is -2.01. The number of carbonyl (C=O) groups excluding carboxylic acids is 2. The second kappa shape index (κ2) is 11.7. The summed E-state index contributed by atoms with van der Waals surface area (Å²) < 4.78 is 11.6. The van der Waals surface area contributed by atoms with Crippen molar-refractivity contribution in [3.8, 4) is 0 Å². The van der Waals surface area contributed by atoms with Gasteiger partial charge in [0.05, 0.1) is 0 Å². The topological polar surface area (TPSA) is 64.6 Å². The third kappa shape index (κ3) is 6.12. The Morgan fingerprint density at radius 1 is 0.833 bits per heavy atom. The quantitative estimate of drug-likeness (QED) is 0.197. The minimum absolute atomic E-state index is 0.0410. The Kier molecular flexibility index (Phi) is 8.87. The molecular weight excluding hydrogens is 466 g/mol. The normalized spacial score (nSPS) is 13.0. The van der Waals surface area contributed by atoms with Gasteiger partial charge in [0.25, 0.3) is 12.4 Å². The molecule has 36 heavy (non-hydrogen) atoms. The van der Waals surface area contributed by atoms with Gasteiger partial charge in [-0.25, -0.2) is 0 Å². The van der Waals surface area contributed by atoms with Crippen molar-refractivity contribution >= 4 is 20.7 Å². The first-order chi connectivity index (χ1) is 17.1. The molecule has 0 spiro atoms. The predicted octanol–water partition coefficient (Wildman–Crippen LogP) is 6.05. The van der Waals surface area contributed by atoms with E-state index in [0.717, 1.165) is 16.7 Å². The molecule has 3 aromatic carbocycles. The molecule has 0 saturated heterocycles.